The monoisotopic (exact) mass is 346 g/mol. The van der Waals surface area contributed by atoms with Gasteiger partial charge in [0.05, 0.1) is 0 Å². The van der Waals surface area contributed by atoms with Gasteiger partial charge in [-0.2, -0.15) is 0 Å². The molecular formula is C20H26O5. The van der Waals surface area contributed by atoms with Crippen LogP contribution in [0.3, 0.4) is 0 Å². The molecule has 3 fully saturated rings. The third kappa shape index (κ3) is 1.88. The van der Waals surface area contributed by atoms with E-state index >= 15 is 0 Å². The first kappa shape index (κ1) is 16.8. The zero-order chi connectivity index (χ0) is 18.2. The Bertz CT molecular complexity index is 722. The number of allylic oxidation sites excluding steroid dienone is 3. The van der Waals surface area contributed by atoms with Crippen LogP contribution in [0.4, 0.5) is 0 Å². The number of hydrogen-bond donors (Lipinski definition) is 3. The van der Waals surface area contributed by atoms with E-state index < -0.39 is 22.4 Å². The summed E-state index contributed by atoms with van der Waals surface area (Å²) in [5.41, 5.74) is -1.79. The third-order valence-electron chi connectivity index (χ3n) is 8.23. The lowest BCUT2D eigenvalue weighted by atomic mass is 9.47. The van der Waals surface area contributed by atoms with Gasteiger partial charge in [-0.25, -0.2) is 4.79 Å². The Morgan fingerprint density at radius 3 is 2.48 bits per heavy atom. The van der Waals surface area contributed by atoms with Crippen LogP contribution in [0.2, 0.25) is 0 Å². The predicted octanol–water partition coefficient (Wildman–Crippen LogP) is 3.00. The van der Waals surface area contributed by atoms with Gasteiger partial charge in [0.2, 0.25) is 0 Å². The van der Waals surface area contributed by atoms with Gasteiger partial charge in [0.1, 0.15) is 5.76 Å². The molecule has 4 aliphatic carbocycles. The van der Waals surface area contributed by atoms with Crippen LogP contribution in [0.25, 0.3) is 0 Å². The van der Waals surface area contributed by atoms with E-state index in [4.69, 9.17) is 0 Å². The topological polar surface area (TPSA) is 94.8 Å². The highest BCUT2D eigenvalue weighted by Crippen LogP contribution is 2.67. The maximum Gasteiger partial charge on any atom is 0.336 e. The summed E-state index contributed by atoms with van der Waals surface area (Å²) >= 11 is 0. The van der Waals surface area contributed by atoms with Crippen LogP contribution < -0.4 is 0 Å². The van der Waals surface area contributed by atoms with Crippen molar-refractivity contribution in [1.82, 2.24) is 0 Å². The van der Waals surface area contributed by atoms with Gasteiger partial charge in [-0.05, 0) is 69.3 Å². The first-order valence-electron chi connectivity index (χ1n) is 9.26. The van der Waals surface area contributed by atoms with Crippen molar-refractivity contribution in [3.63, 3.8) is 0 Å². The number of carboxylic acid groups (broad SMARTS) is 1. The summed E-state index contributed by atoms with van der Waals surface area (Å²) in [5, 5.41) is 31.1. The number of carbonyl (C=O) groups is 2. The lowest BCUT2D eigenvalue weighted by Crippen LogP contribution is -2.57. The van der Waals surface area contributed by atoms with Crippen molar-refractivity contribution in [3.05, 3.63) is 23.5 Å². The molecule has 5 heteroatoms. The molecule has 0 aromatic rings. The molecule has 0 unspecified atom stereocenters. The van der Waals surface area contributed by atoms with Crippen LogP contribution >= 0.6 is 0 Å². The molecule has 0 aromatic carbocycles. The standard InChI is InChI=1S/C20H26O5/c1-18-7-5-15-13(14(18)6-8-20(18,25)17(23)24)4-3-11-9-12(21)10-16(22)19(11,15)2/h9-10,13-15,22,25H,3-8H2,1-2H3,(H,23,24)/t13-,14-,15-,18-,19-,20-/m0/s1. The summed E-state index contributed by atoms with van der Waals surface area (Å²) in [6.45, 7) is 3.96. The third-order valence-corrected chi connectivity index (χ3v) is 8.23. The molecule has 0 aromatic heterocycles. The number of aliphatic hydroxyl groups excluding tert-OH is 1. The Kier molecular flexibility index (Phi) is 3.34. The van der Waals surface area contributed by atoms with Crippen LogP contribution in [0, 0.1) is 28.6 Å². The van der Waals surface area contributed by atoms with Gasteiger partial charge in [0.15, 0.2) is 11.4 Å². The molecule has 0 saturated heterocycles. The fraction of sp³-hybridized carbons (Fsp3) is 0.700. The fourth-order valence-corrected chi connectivity index (χ4v) is 6.67. The van der Waals surface area contributed by atoms with Gasteiger partial charge in [-0.3, -0.25) is 4.79 Å². The number of aliphatic carboxylic acids is 1. The Morgan fingerprint density at radius 2 is 1.80 bits per heavy atom. The van der Waals surface area contributed by atoms with E-state index in [1.807, 2.05) is 13.8 Å². The Morgan fingerprint density at radius 1 is 1.12 bits per heavy atom. The predicted molar refractivity (Wildman–Crippen MR) is 90.8 cm³/mol. The minimum atomic E-state index is -1.65. The Labute approximate surface area is 147 Å². The van der Waals surface area contributed by atoms with Crippen molar-refractivity contribution in [2.75, 3.05) is 0 Å². The van der Waals surface area contributed by atoms with E-state index in [1.165, 1.54) is 6.08 Å². The van der Waals surface area contributed by atoms with Crippen molar-refractivity contribution < 1.29 is 24.9 Å². The first-order chi connectivity index (χ1) is 11.6. The number of ketones is 1. The zero-order valence-corrected chi connectivity index (χ0v) is 14.8. The number of hydrogen-bond acceptors (Lipinski definition) is 4. The summed E-state index contributed by atoms with van der Waals surface area (Å²) in [4.78, 5) is 23.6. The molecule has 0 bridgehead atoms. The molecule has 0 amide bonds. The molecule has 5 nitrogen and oxygen atoms in total. The largest absolute Gasteiger partial charge is 0.511 e. The Balaban J connectivity index is 1.74. The second kappa shape index (κ2) is 4.97. The number of fused-ring (bicyclic) bond motifs is 5. The van der Waals surface area contributed by atoms with Gasteiger partial charge < -0.3 is 15.3 Å². The van der Waals surface area contributed by atoms with E-state index in [-0.39, 0.29) is 29.3 Å². The normalized spacial score (nSPS) is 48.8. The molecule has 25 heavy (non-hydrogen) atoms. The highest BCUT2D eigenvalue weighted by atomic mass is 16.4. The van der Waals surface area contributed by atoms with Gasteiger partial charge in [-0.15, -0.1) is 0 Å². The SMILES string of the molecule is C[C@]12C(O)=CC(=O)C=C1CC[C@@H]1[C@@H]2CC[C@@]2(C)[C@H]1CC[C@]2(O)C(=O)O. The molecule has 4 aliphatic rings. The second-order valence-corrected chi connectivity index (χ2v) is 8.88. The minimum absolute atomic E-state index is 0.135. The Hall–Kier alpha value is -1.62. The van der Waals surface area contributed by atoms with Crippen molar-refractivity contribution >= 4 is 11.8 Å². The number of rotatable bonds is 1. The summed E-state index contributed by atoms with van der Waals surface area (Å²) in [6, 6.07) is 0. The number of carbonyl (C=O) groups excluding carboxylic acids is 1. The lowest BCUT2D eigenvalue weighted by Gasteiger charge is -2.57. The molecule has 4 rings (SSSR count). The van der Waals surface area contributed by atoms with Crippen molar-refractivity contribution in [2.45, 2.75) is 58.0 Å². The van der Waals surface area contributed by atoms with E-state index in [0.717, 1.165) is 24.8 Å². The maximum atomic E-state index is 11.8. The van der Waals surface area contributed by atoms with Crippen LogP contribution in [0.15, 0.2) is 23.5 Å². The van der Waals surface area contributed by atoms with Crippen LogP contribution in [-0.4, -0.2) is 32.7 Å². The van der Waals surface area contributed by atoms with Crippen molar-refractivity contribution in [3.8, 4) is 0 Å². The van der Waals surface area contributed by atoms with Gasteiger partial charge in [0.25, 0.3) is 0 Å². The van der Waals surface area contributed by atoms with E-state index in [1.54, 1.807) is 6.08 Å². The summed E-state index contributed by atoms with van der Waals surface area (Å²) in [6.07, 6.45) is 7.04. The lowest BCUT2D eigenvalue weighted by molar-refractivity contribution is -0.181. The zero-order valence-electron chi connectivity index (χ0n) is 14.8. The highest BCUT2D eigenvalue weighted by Gasteiger charge is 2.67. The number of aliphatic hydroxyl groups is 2. The maximum absolute atomic E-state index is 11.8. The van der Waals surface area contributed by atoms with Crippen LogP contribution in [0.5, 0.6) is 0 Å². The molecule has 136 valence electrons. The average molecular weight is 346 g/mol. The molecular weight excluding hydrogens is 320 g/mol. The molecule has 0 aliphatic heterocycles. The summed E-state index contributed by atoms with van der Waals surface area (Å²) in [7, 11) is 0. The molecule has 6 atom stereocenters. The van der Waals surface area contributed by atoms with Gasteiger partial charge in [0, 0.05) is 16.9 Å². The minimum Gasteiger partial charge on any atom is -0.511 e. The molecule has 0 spiro atoms. The molecule has 0 heterocycles. The van der Waals surface area contributed by atoms with Crippen molar-refractivity contribution in [1.29, 1.82) is 0 Å². The van der Waals surface area contributed by atoms with Gasteiger partial charge in [-0.1, -0.05) is 12.5 Å². The van der Waals surface area contributed by atoms with Crippen LogP contribution in [-0.2, 0) is 9.59 Å². The summed E-state index contributed by atoms with van der Waals surface area (Å²) < 4.78 is 0. The van der Waals surface area contributed by atoms with Gasteiger partial charge >= 0.3 is 5.97 Å². The quantitative estimate of drug-likeness (QED) is 0.678. The average Bonchev–Trinajstić information content (AvgIpc) is 2.82. The fourth-order valence-electron chi connectivity index (χ4n) is 6.67. The van der Waals surface area contributed by atoms with E-state index in [0.29, 0.717) is 19.3 Å². The highest BCUT2D eigenvalue weighted by molar-refractivity contribution is 6.01. The van der Waals surface area contributed by atoms with E-state index in [2.05, 4.69) is 0 Å². The van der Waals surface area contributed by atoms with Crippen molar-refractivity contribution in [2.24, 2.45) is 28.6 Å². The molecule has 0 radical (unpaired) electrons. The number of carboxylic acids is 1. The smallest absolute Gasteiger partial charge is 0.336 e. The molecule has 3 N–H and O–H groups in total. The summed E-state index contributed by atoms with van der Waals surface area (Å²) in [5.74, 6) is -0.519. The first-order valence-corrected chi connectivity index (χ1v) is 9.26. The second-order valence-electron chi connectivity index (χ2n) is 8.88. The van der Waals surface area contributed by atoms with E-state index in [9.17, 15) is 24.9 Å². The molecule has 3 saturated carbocycles. The van der Waals surface area contributed by atoms with Crippen LogP contribution in [0.1, 0.15) is 52.4 Å².